The van der Waals surface area contributed by atoms with Crippen LogP contribution in [0.1, 0.15) is 26.2 Å². The summed E-state index contributed by atoms with van der Waals surface area (Å²) < 4.78 is 5.33. The van der Waals surface area contributed by atoms with E-state index in [-0.39, 0.29) is 12.5 Å². The summed E-state index contributed by atoms with van der Waals surface area (Å²) >= 11 is 0. The highest BCUT2D eigenvalue weighted by Gasteiger charge is 2.15. The number of oxime groups is 1. The van der Waals surface area contributed by atoms with Gasteiger partial charge in [0.25, 0.3) is 5.91 Å². The molecule has 5 heteroatoms. The molecule has 0 aliphatic carbocycles. The maximum Gasteiger partial charge on any atom is 0.262 e. The summed E-state index contributed by atoms with van der Waals surface area (Å²) in [5.74, 6) is 1.02. The lowest BCUT2D eigenvalue weighted by molar-refractivity contribution is -0.133. The minimum absolute atomic E-state index is 0.00743. The highest BCUT2D eigenvalue weighted by Crippen LogP contribution is 2.21. The van der Waals surface area contributed by atoms with Gasteiger partial charge in [0.2, 0.25) is 0 Å². The van der Waals surface area contributed by atoms with Gasteiger partial charge in [-0.15, -0.1) is 0 Å². The van der Waals surface area contributed by atoms with Crippen molar-refractivity contribution < 1.29 is 14.4 Å². The molecule has 1 atom stereocenters. The van der Waals surface area contributed by atoms with E-state index < -0.39 is 0 Å². The molecular weight excluding hydrogens is 232 g/mol. The van der Waals surface area contributed by atoms with E-state index in [1.165, 1.54) is 4.90 Å². The van der Waals surface area contributed by atoms with Crippen LogP contribution in [0.4, 0.5) is 0 Å². The summed E-state index contributed by atoms with van der Waals surface area (Å²) in [5.41, 5.74) is 0. The van der Waals surface area contributed by atoms with E-state index >= 15 is 0 Å². The van der Waals surface area contributed by atoms with Gasteiger partial charge in [-0.3, -0.25) is 4.79 Å². The summed E-state index contributed by atoms with van der Waals surface area (Å²) in [5, 5.41) is 3.86. The molecule has 1 unspecified atom stereocenters. The van der Waals surface area contributed by atoms with Crippen LogP contribution in [-0.2, 0) is 14.4 Å². The van der Waals surface area contributed by atoms with E-state index in [0.717, 1.165) is 38.4 Å². The van der Waals surface area contributed by atoms with Crippen LogP contribution in [0.2, 0.25) is 0 Å². The molecular formula is C13H24N2O3. The number of rotatable bonds is 6. The zero-order valence-corrected chi connectivity index (χ0v) is 11.6. The second-order valence-electron chi connectivity index (χ2n) is 5.08. The van der Waals surface area contributed by atoms with Gasteiger partial charge in [-0.2, -0.15) is 0 Å². The highest BCUT2D eigenvalue weighted by atomic mass is 16.6. The minimum atomic E-state index is -0.0794. The molecule has 1 heterocycles. The van der Waals surface area contributed by atoms with Crippen LogP contribution < -0.4 is 0 Å². The van der Waals surface area contributed by atoms with Crippen LogP contribution in [-0.4, -0.2) is 50.9 Å². The molecule has 0 spiro atoms. The van der Waals surface area contributed by atoms with E-state index in [0.29, 0.717) is 5.92 Å². The molecule has 0 radical (unpaired) electrons. The van der Waals surface area contributed by atoms with E-state index in [9.17, 15) is 4.79 Å². The lowest BCUT2D eigenvalue weighted by atomic mass is 9.90. The number of ether oxygens (including phenoxy) is 1. The van der Waals surface area contributed by atoms with Crippen molar-refractivity contribution in [2.45, 2.75) is 26.2 Å². The van der Waals surface area contributed by atoms with Gasteiger partial charge in [-0.1, -0.05) is 12.1 Å². The molecule has 0 aromatic heterocycles. The third kappa shape index (κ3) is 6.00. The molecule has 0 bridgehead atoms. The Bertz CT molecular complexity index is 273. The average Bonchev–Trinajstić information content (AvgIpc) is 2.35. The van der Waals surface area contributed by atoms with Crippen LogP contribution in [0.5, 0.6) is 0 Å². The highest BCUT2D eigenvalue weighted by molar-refractivity contribution is 5.76. The summed E-state index contributed by atoms with van der Waals surface area (Å²) in [7, 11) is 3.40. The fourth-order valence-electron chi connectivity index (χ4n) is 1.94. The van der Waals surface area contributed by atoms with Gasteiger partial charge in [-0.05, 0) is 31.1 Å². The molecule has 0 aromatic rings. The van der Waals surface area contributed by atoms with Crippen LogP contribution in [0.3, 0.4) is 0 Å². The molecule has 1 amide bonds. The van der Waals surface area contributed by atoms with Gasteiger partial charge in [0, 0.05) is 33.5 Å². The molecule has 1 aliphatic heterocycles. The van der Waals surface area contributed by atoms with Crippen LogP contribution in [0, 0.1) is 11.8 Å². The summed E-state index contributed by atoms with van der Waals surface area (Å²) in [4.78, 5) is 17.7. The predicted molar refractivity (Wildman–Crippen MR) is 70.5 cm³/mol. The Labute approximate surface area is 109 Å². The van der Waals surface area contributed by atoms with Gasteiger partial charge in [0.1, 0.15) is 0 Å². The summed E-state index contributed by atoms with van der Waals surface area (Å²) in [6, 6.07) is 0. The molecule has 1 aliphatic rings. The number of hydrogen-bond acceptors (Lipinski definition) is 4. The first-order chi connectivity index (χ1) is 8.59. The van der Waals surface area contributed by atoms with E-state index in [2.05, 4.69) is 12.1 Å². The first-order valence-electron chi connectivity index (χ1n) is 6.53. The van der Waals surface area contributed by atoms with Crippen LogP contribution in [0.15, 0.2) is 5.16 Å². The van der Waals surface area contributed by atoms with Crippen molar-refractivity contribution in [2.75, 3.05) is 33.9 Å². The first kappa shape index (κ1) is 15.0. The summed E-state index contributed by atoms with van der Waals surface area (Å²) in [6.45, 7) is 3.88. The molecule has 0 N–H and O–H groups in total. The Morgan fingerprint density at radius 2 is 2.17 bits per heavy atom. The largest absolute Gasteiger partial charge is 0.386 e. The molecule has 1 saturated heterocycles. The maximum absolute atomic E-state index is 11.2. The van der Waals surface area contributed by atoms with E-state index in [1.54, 1.807) is 20.3 Å². The number of carbonyl (C=O) groups is 1. The van der Waals surface area contributed by atoms with E-state index in [4.69, 9.17) is 9.57 Å². The first-order valence-corrected chi connectivity index (χ1v) is 6.53. The maximum atomic E-state index is 11.2. The average molecular weight is 256 g/mol. The monoisotopic (exact) mass is 256 g/mol. The molecule has 1 rings (SSSR count). The second kappa shape index (κ2) is 8.08. The number of hydrogen-bond donors (Lipinski definition) is 0. The topological polar surface area (TPSA) is 51.1 Å². The fourth-order valence-corrected chi connectivity index (χ4v) is 1.94. The quantitative estimate of drug-likeness (QED) is 0.535. The number of likely N-dealkylation sites (N-methyl/N-ethyl adjacent to an activating group) is 1. The third-order valence-electron chi connectivity index (χ3n) is 3.12. The zero-order valence-electron chi connectivity index (χ0n) is 11.6. The fraction of sp³-hybridized carbons (Fsp3) is 0.846. The van der Waals surface area contributed by atoms with Gasteiger partial charge in [0.05, 0.1) is 0 Å². The van der Waals surface area contributed by atoms with Crippen molar-refractivity contribution in [1.82, 2.24) is 4.90 Å². The van der Waals surface area contributed by atoms with Gasteiger partial charge < -0.3 is 14.5 Å². The lowest BCUT2D eigenvalue weighted by Crippen LogP contribution is -2.25. The normalized spacial score (nSPS) is 18.8. The molecule has 0 aromatic carbocycles. The smallest absolute Gasteiger partial charge is 0.262 e. The Kier molecular flexibility index (Phi) is 6.72. The number of amides is 1. The Morgan fingerprint density at radius 3 is 2.78 bits per heavy atom. The molecule has 5 nitrogen and oxygen atoms in total. The van der Waals surface area contributed by atoms with Crippen molar-refractivity contribution in [3.8, 4) is 0 Å². The van der Waals surface area contributed by atoms with Crippen molar-refractivity contribution in [3.05, 3.63) is 0 Å². The minimum Gasteiger partial charge on any atom is -0.386 e. The number of nitrogens with zero attached hydrogens (tertiary/aromatic N) is 2. The van der Waals surface area contributed by atoms with Crippen LogP contribution >= 0.6 is 0 Å². The zero-order chi connectivity index (χ0) is 13.4. The lowest BCUT2D eigenvalue weighted by Gasteiger charge is -2.23. The van der Waals surface area contributed by atoms with Crippen LogP contribution in [0.25, 0.3) is 0 Å². The Hall–Kier alpha value is -1.10. The third-order valence-corrected chi connectivity index (χ3v) is 3.12. The second-order valence-corrected chi connectivity index (χ2v) is 5.08. The molecule has 1 fully saturated rings. The number of carbonyl (C=O) groups excluding carboxylic acids is 1. The molecule has 0 saturated carbocycles. The Balaban J connectivity index is 2.14. The van der Waals surface area contributed by atoms with Gasteiger partial charge in [-0.25, -0.2) is 0 Å². The van der Waals surface area contributed by atoms with Gasteiger partial charge in [0.15, 0.2) is 6.61 Å². The van der Waals surface area contributed by atoms with Crippen molar-refractivity contribution >= 4 is 12.1 Å². The molecule has 18 heavy (non-hydrogen) atoms. The predicted octanol–water partition coefficient (Wildman–Crippen LogP) is 1.53. The van der Waals surface area contributed by atoms with Crippen molar-refractivity contribution in [3.63, 3.8) is 0 Å². The Morgan fingerprint density at radius 1 is 1.50 bits per heavy atom. The standard InChI is InChI=1S/C13H24N2O3/c1-11(8-12-4-6-17-7-5-12)9-14-18-10-13(16)15(2)3/h9,11-12H,4-8,10H2,1-3H3/b14-9+. The SMILES string of the molecule is CC(/C=N/OCC(=O)N(C)C)CC1CCOCC1. The molecule has 104 valence electrons. The van der Waals surface area contributed by atoms with Crippen molar-refractivity contribution in [1.29, 1.82) is 0 Å². The van der Waals surface area contributed by atoms with E-state index in [1.807, 2.05) is 0 Å². The van der Waals surface area contributed by atoms with Gasteiger partial charge >= 0.3 is 0 Å². The summed E-state index contributed by atoms with van der Waals surface area (Å²) in [6.07, 6.45) is 5.17. The van der Waals surface area contributed by atoms with Crippen molar-refractivity contribution in [2.24, 2.45) is 17.0 Å².